The minimum atomic E-state index is -0.859. The Hall–Kier alpha value is -2.90. The van der Waals surface area contributed by atoms with Crippen LogP contribution in [0.5, 0.6) is 0 Å². The molecular formula is C26H41N3O5. The topological polar surface area (TPSA) is 114 Å². The SMILES string of the molecule is CC[C@@H](C)[C@@H](C=O)NC(=O)[C@H](CC(C)C)NC(=O)[C@H](CC(C)C)NC(=O)OCc1ccccc1. The number of carbonyl (C=O) groups excluding carboxylic acids is 4. The van der Waals surface area contributed by atoms with E-state index in [2.05, 4.69) is 16.0 Å². The highest BCUT2D eigenvalue weighted by atomic mass is 16.5. The Kier molecular flexibility index (Phi) is 12.9. The number of benzene rings is 1. The fraction of sp³-hybridized carbons (Fsp3) is 0.615. The van der Waals surface area contributed by atoms with Gasteiger partial charge in [-0.3, -0.25) is 9.59 Å². The van der Waals surface area contributed by atoms with Gasteiger partial charge in [-0.05, 0) is 36.2 Å². The molecule has 0 fully saturated rings. The fourth-order valence-electron chi connectivity index (χ4n) is 3.41. The molecule has 0 heterocycles. The highest BCUT2D eigenvalue weighted by molar-refractivity contribution is 5.92. The van der Waals surface area contributed by atoms with Gasteiger partial charge in [-0.25, -0.2) is 4.79 Å². The van der Waals surface area contributed by atoms with Gasteiger partial charge in [-0.2, -0.15) is 0 Å². The summed E-state index contributed by atoms with van der Waals surface area (Å²) in [6.07, 6.45) is 1.54. The van der Waals surface area contributed by atoms with Crippen molar-refractivity contribution in [2.75, 3.05) is 0 Å². The van der Waals surface area contributed by atoms with E-state index >= 15 is 0 Å². The third-order valence-electron chi connectivity index (χ3n) is 5.58. The van der Waals surface area contributed by atoms with E-state index in [-0.39, 0.29) is 24.4 Å². The van der Waals surface area contributed by atoms with Gasteiger partial charge in [0.1, 0.15) is 25.0 Å². The van der Waals surface area contributed by atoms with Crippen molar-refractivity contribution in [1.29, 1.82) is 0 Å². The number of alkyl carbamates (subject to hydrolysis) is 1. The molecule has 34 heavy (non-hydrogen) atoms. The third-order valence-corrected chi connectivity index (χ3v) is 5.58. The van der Waals surface area contributed by atoms with E-state index in [0.29, 0.717) is 12.8 Å². The summed E-state index contributed by atoms with van der Waals surface area (Å²) in [5.41, 5.74) is 0.835. The Balaban J connectivity index is 2.86. The van der Waals surface area contributed by atoms with Crippen LogP contribution in [0.4, 0.5) is 4.79 Å². The van der Waals surface area contributed by atoms with E-state index in [1.54, 1.807) is 0 Å². The summed E-state index contributed by atoms with van der Waals surface area (Å²) < 4.78 is 5.26. The second-order valence-corrected chi connectivity index (χ2v) is 9.63. The first-order valence-electron chi connectivity index (χ1n) is 12.1. The van der Waals surface area contributed by atoms with Crippen LogP contribution in [-0.2, 0) is 25.7 Å². The zero-order chi connectivity index (χ0) is 25.7. The summed E-state index contributed by atoms with van der Waals surface area (Å²) >= 11 is 0. The first-order chi connectivity index (χ1) is 16.1. The average molecular weight is 476 g/mol. The minimum absolute atomic E-state index is 0.0217. The number of ether oxygens (including phenoxy) is 1. The predicted octanol–water partition coefficient (Wildman–Crippen LogP) is 3.59. The maximum Gasteiger partial charge on any atom is 0.408 e. The lowest BCUT2D eigenvalue weighted by Crippen LogP contribution is -2.56. The molecular weight excluding hydrogens is 434 g/mol. The van der Waals surface area contributed by atoms with Crippen molar-refractivity contribution < 1.29 is 23.9 Å². The zero-order valence-corrected chi connectivity index (χ0v) is 21.3. The maximum absolute atomic E-state index is 13.1. The van der Waals surface area contributed by atoms with Crippen LogP contribution in [0.1, 0.15) is 66.4 Å². The number of nitrogens with one attached hydrogen (secondary N) is 3. The van der Waals surface area contributed by atoms with Crippen molar-refractivity contribution >= 4 is 24.2 Å². The van der Waals surface area contributed by atoms with Crippen LogP contribution in [-0.4, -0.2) is 42.3 Å². The molecule has 1 aromatic rings. The summed E-state index contributed by atoms with van der Waals surface area (Å²) in [6, 6.07) is 6.94. The first-order valence-corrected chi connectivity index (χ1v) is 12.1. The van der Waals surface area contributed by atoms with Gasteiger partial charge in [-0.15, -0.1) is 0 Å². The van der Waals surface area contributed by atoms with E-state index in [9.17, 15) is 19.2 Å². The average Bonchev–Trinajstić information content (AvgIpc) is 2.79. The molecule has 3 N–H and O–H groups in total. The van der Waals surface area contributed by atoms with Gasteiger partial charge in [0.25, 0.3) is 0 Å². The Bertz CT molecular complexity index is 782. The molecule has 0 aromatic heterocycles. The van der Waals surface area contributed by atoms with E-state index in [4.69, 9.17) is 4.74 Å². The normalized spacial score (nSPS) is 14.6. The number of hydrogen-bond donors (Lipinski definition) is 3. The second kappa shape index (κ2) is 15.1. The highest BCUT2D eigenvalue weighted by Gasteiger charge is 2.30. The predicted molar refractivity (Wildman–Crippen MR) is 132 cm³/mol. The van der Waals surface area contributed by atoms with E-state index in [0.717, 1.165) is 18.3 Å². The molecule has 0 spiro atoms. The van der Waals surface area contributed by atoms with Crippen molar-refractivity contribution in [2.45, 2.75) is 85.5 Å². The van der Waals surface area contributed by atoms with Gasteiger partial charge in [0.15, 0.2) is 0 Å². The Morgan fingerprint density at radius 2 is 1.38 bits per heavy atom. The second-order valence-electron chi connectivity index (χ2n) is 9.63. The van der Waals surface area contributed by atoms with E-state index in [1.807, 2.05) is 71.9 Å². The van der Waals surface area contributed by atoms with Crippen molar-refractivity contribution in [3.8, 4) is 0 Å². The molecule has 3 amide bonds. The van der Waals surface area contributed by atoms with Gasteiger partial charge in [-0.1, -0.05) is 78.3 Å². The third kappa shape index (κ3) is 10.8. The molecule has 0 aliphatic carbocycles. The molecule has 0 bridgehead atoms. The summed E-state index contributed by atoms with van der Waals surface area (Å²) in [5, 5.41) is 8.17. The lowest BCUT2D eigenvalue weighted by atomic mass is 9.98. The Labute approximate surface area is 203 Å². The highest BCUT2D eigenvalue weighted by Crippen LogP contribution is 2.11. The summed E-state index contributed by atoms with van der Waals surface area (Å²) in [4.78, 5) is 49.9. The largest absolute Gasteiger partial charge is 0.445 e. The minimum Gasteiger partial charge on any atom is -0.445 e. The van der Waals surface area contributed by atoms with Gasteiger partial charge < -0.3 is 25.5 Å². The molecule has 0 unspecified atom stereocenters. The zero-order valence-electron chi connectivity index (χ0n) is 21.3. The van der Waals surface area contributed by atoms with Gasteiger partial charge in [0.05, 0.1) is 6.04 Å². The fourth-order valence-corrected chi connectivity index (χ4v) is 3.41. The van der Waals surface area contributed by atoms with E-state index < -0.39 is 36.0 Å². The molecule has 0 aliphatic heterocycles. The quantitative estimate of drug-likeness (QED) is 0.356. The van der Waals surface area contributed by atoms with Crippen molar-refractivity contribution in [2.24, 2.45) is 17.8 Å². The smallest absolute Gasteiger partial charge is 0.408 e. The van der Waals surface area contributed by atoms with Crippen molar-refractivity contribution in [3.63, 3.8) is 0 Å². The van der Waals surface area contributed by atoms with Crippen LogP contribution < -0.4 is 16.0 Å². The number of hydrogen-bond acceptors (Lipinski definition) is 5. The molecule has 1 aromatic carbocycles. The summed E-state index contributed by atoms with van der Waals surface area (Å²) in [7, 11) is 0. The summed E-state index contributed by atoms with van der Waals surface area (Å²) in [6.45, 7) is 11.7. The number of aldehydes is 1. The summed E-state index contributed by atoms with van der Waals surface area (Å²) in [5.74, 6) is -0.646. The number of rotatable bonds is 14. The molecule has 0 saturated heterocycles. The molecule has 0 saturated carbocycles. The van der Waals surface area contributed by atoms with Crippen LogP contribution >= 0.6 is 0 Å². The molecule has 1 rings (SSSR count). The molecule has 0 radical (unpaired) electrons. The van der Waals surface area contributed by atoms with Gasteiger partial charge in [0.2, 0.25) is 11.8 Å². The number of carbonyl (C=O) groups is 4. The Morgan fingerprint density at radius 3 is 1.88 bits per heavy atom. The number of amides is 3. The van der Waals surface area contributed by atoms with Crippen LogP contribution in [0, 0.1) is 17.8 Å². The molecule has 8 heteroatoms. The van der Waals surface area contributed by atoms with Crippen molar-refractivity contribution in [3.05, 3.63) is 35.9 Å². The molecule has 8 nitrogen and oxygen atoms in total. The maximum atomic E-state index is 13.1. The van der Waals surface area contributed by atoms with Gasteiger partial charge >= 0.3 is 6.09 Å². The van der Waals surface area contributed by atoms with E-state index in [1.165, 1.54) is 0 Å². The lowest BCUT2D eigenvalue weighted by molar-refractivity contribution is -0.131. The van der Waals surface area contributed by atoms with Crippen LogP contribution in [0.3, 0.4) is 0 Å². The molecule has 0 aliphatic rings. The standard InChI is InChI=1S/C26H41N3O5/c1-7-19(6)23(15-30)28-24(31)21(13-17(2)3)27-25(32)22(14-18(4)5)29-26(33)34-16-20-11-9-8-10-12-20/h8-12,15,17-19,21-23H,7,13-14,16H2,1-6H3,(H,27,32)(H,28,31)(H,29,33)/t19-,21+,22+,23-/m1/s1. The van der Waals surface area contributed by atoms with Crippen LogP contribution in [0.15, 0.2) is 30.3 Å². The lowest BCUT2D eigenvalue weighted by Gasteiger charge is -2.27. The van der Waals surface area contributed by atoms with Crippen LogP contribution in [0.25, 0.3) is 0 Å². The molecule has 190 valence electrons. The monoisotopic (exact) mass is 475 g/mol. The Morgan fingerprint density at radius 1 is 0.853 bits per heavy atom. The van der Waals surface area contributed by atoms with Crippen LogP contribution in [0.2, 0.25) is 0 Å². The molecule has 4 atom stereocenters. The van der Waals surface area contributed by atoms with Crippen molar-refractivity contribution in [1.82, 2.24) is 16.0 Å². The first kappa shape index (κ1) is 29.1. The van der Waals surface area contributed by atoms with Gasteiger partial charge in [0, 0.05) is 0 Å².